The van der Waals surface area contributed by atoms with Crippen LogP contribution in [0.4, 0.5) is 0 Å². The van der Waals surface area contributed by atoms with Crippen LogP contribution in [0, 0.1) is 0 Å². The molecule has 0 amide bonds. The third-order valence-corrected chi connectivity index (χ3v) is 6.16. The van der Waals surface area contributed by atoms with E-state index in [0.717, 1.165) is 48.2 Å². The highest BCUT2D eigenvalue weighted by molar-refractivity contribution is 5.85. The predicted molar refractivity (Wildman–Crippen MR) is 128 cm³/mol. The van der Waals surface area contributed by atoms with E-state index in [1.165, 1.54) is 11.1 Å². The summed E-state index contributed by atoms with van der Waals surface area (Å²) in [4.78, 5) is 2.44. The number of rotatable bonds is 4. The first-order valence-electron chi connectivity index (χ1n) is 10.4. The fraction of sp³-hybridized carbons (Fsp3) is 0.308. The monoisotopic (exact) mass is 439 g/mol. The number of aromatic hydroxyl groups is 1. The van der Waals surface area contributed by atoms with Gasteiger partial charge in [-0.05, 0) is 66.8 Å². The van der Waals surface area contributed by atoms with Crippen molar-refractivity contribution < 1.29 is 14.6 Å². The highest BCUT2D eigenvalue weighted by atomic mass is 35.5. The molecule has 0 aromatic heterocycles. The van der Waals surface area contributed by atoms with Crippen LogP contribution in [0.15, 0.2) is 60.7 Å². The maximum absolute atomic E-state index is 11.1. The first-order chi connectivity index (χ1) is 14.6. The Morgan fingerprint density at radius 2 is 1.71 bits per heavy atom. The molecule has 0 fully saturated rings. The summed E-state index contributed by atoms with van der Waals surface area (Å²) in [6, 6.07) is 21.0. The molecule has 1 unspecified atom stereocenters. The van der Waals surface area contributed by atoms with Crippen LogP contribution >= 0.6 is 12.4 Å². The minimum atomic E-state index is 0. The molecular weight excluding hydrogens is 410 g/mol. The Hall–Kier alpha value is -2.69. The topological polar surface area (TPSA) is 41.9 Å². The Labute approximate surface area is 190 Å². The van der Waals surface area contributed by atoms with E-state index in [-0.39, 0.29) is 18.2 Å². The van der Waals surface area contributed by atoms with Gasteiger partial charge < -0.3 is 19.5 Å². The molecule has 0 saturated heterocycles. The third kappa shape index (κ3) is 4.81. The lowest BCUT2D eigenvalue weighted by molar-refractivity contribution is 0.242. The number of hydrogen-bond acceptors (Lipinski definition) is 4. The molecule has 0 spiro atoms. The smallest absolute Gasteiger partial charge is 0.165 e. The second kappa shape index (κ2) is 10.1. The average molecular weight is 440 g/mol. The van der Waals surface area contributed by atoms with Gasteiger partial charge in [0.15, 0.2) is 11.5 Å². The number of ether oxygens (including phenoxy) is 2. The van der Waals surface area contributed by atoms with Crippen molar-refractivity contribution in [2.75, 3.05) is 27.8 Å². The van der Waals surface area contributed by atoms with E-state index in [0.29, 0.717) is 11.8 Å². The molecule has 1 N–H and O–H groups in total. The van der Waals surface area contributed by atoms with Gasteiger partial charge in [0.2, 0.25) is 0 Å². The molecule has 5 heteroatoms. The Morgan fingerprint density at radius 1 is 0.968 bits per heavy atom. The van der Waals surface area contributed by atoms with E-state index in [9.17, 15) is 5.11 Å². The lowest BCUT2D eigenvalue weighted by atomic mass is 9.89. The van der Waals surface area contributed by atoms with Crippen LogP contribution in [0.5, 0.6) is 17.2 Å². The number of nitrogens with zero attached hydrogens (tertiary/aromatic N) is 1. The Bertz CT molecular complexity index is 1020. The summed E-state index contributed by atoms with van der Waals surface area (Å²) in [5.74, 6) is 1.48. The maximum atomic E-state index is 11.1. The fourth-order valence-electron chi connectivity index (χ4n) is 4.39. The number of methoxy groups -OCH3 is 2. The first-order valence-corrected chi connectivity index (χ1v) is 10.4. The third-order valence-electron chi connectivity index (χ3n) is 6.16. The zero-order valence-corrected chi connectivity index (χ0v) is 19.1. The Balaban J connectivity index is 0.00000272. The van der Waals surface area contributed by atoms with Crippen molar-refractivity contribution >= 4 is 12.4 Å². The molecule has 0 bridgehead atoms. The van der Waals surface area contributed by atoms with Crippen LogP contribution in [-0.4, -0.2) is 43.9 Å². The molecule has 0 radical (unpaired) electrons. The van der Waals surface area contributed by atoms with Gasteiger partial charge in [0.05, 0.1) is 14.2 Å². The van der Waals surface area contributed by atoms with Gasteiger partial charge in [0, 0.05) is 18.2 Å². The molecule has 31 heavy (non-hydrogen) atoms. The molecule has 3 aromatic rings. The number of fused-ring (bicyclic) bond motifs is 3. The van der Waals surface area contributed by atoms with E-state index in [4.69, 9.17) is 9.47 Å². The SMILES string of the molecule is COc1ccc2c(c1)-c1c(ccc(OC)c1O)CC(Cc1ccccc1)N(C)CC2.Cl. The number of likely N-dealkylation sites (N-methyl/N-ethyl adjacent to an activating group) is 1. The van der Waals surface area contributed by atoms with Crippen LogP contribution in [0.1, 0.15) is 16.7 Å². The van der Waals surface area contributed by atoms with Crippen LogP contribution in [0.3, 0.4) is 0 Å². The normalized spacial score (nSPS) is 16.0. The van der Waals surface area contributed by atoms with Gasteiger partial charge in [-0.15, -0.1) is 12.4 Å². The molecule has 3 aromatic carbocycles. The van der Waals surface area contributed by atoms with Crippen LogP contribution < -0.4 is 9.47 Å². The molecule has 1 aliphatic rings. The van der Waals surface area contributed by atoms with Crippen LogP contribution in [-0.2, 0) is 19.3 Å². The number of halogens is 1. The van der Waals surface area contributed by atoms with Gasteiger partial charge in [-0.25, -0.2) is 0 Å². The van der Waals surface area contributed by atoms with E-state index in [1.54, 1.807) is 14.2 Å². The van der Waals surface area contributed by atoms with Gasteiger partial charge in [0.25, 0.3) is 0 Å². The number of phenols is 1. The lowest BCUT2D eigenvalue weighted by Crippen LogP contribution is -2.36. The van der Waals surface area contributed by atoms with Crippen molar-refractivity contribution in [1.82, 2.24) is 4.90 Å². The Kier molecular flexibility index (Phi) is 7.47. The molecule has 1 heterocycles. The quantitative estimate of drug-likeness (QED) is 0.611. The van der Waals surface area contributed by atoms with E-state index < -0.39 is 0 Å². The zero-order chi connectivity index (χ0) is 21.1. The first kappa shape index (κ1) is 23.0. The summed E-state index contributed by atoms with van der Waals surface area (Å²) >= 11 is 0. The molecule has 164 valence electrons. The summed E-state index contributed by atoms with van der Waals surface area (Å²) in [6.07, 6.45) is 2.70. The minimum absolute atomic E-state index is 0. The minimum Gasteiger partial charge on any atom is -0.504 e. The standard InChI is InChI=1S/C26H29NO3.ClH/c1-27-14-13-19-9-11-22(29-2)17-23(19)25-20(10-12-24(30-3)26(25)28)16-21(27)15-18-7-5-4-6-8-18;/h4-12,17,21,28H,13-16H2,1-3H3;1H. The summed E-state index contributed by atoms with van der Waals surface area (Å²) in [6.45, 7) is 0.947. The number of benzene rings is 3. The van der Waals surface area contributed by atoms with Crippen molar-refractivity contribution in [1.29, 1.82) is 0 Å². The zero-order valence-electron chi connectivity index (χ0n) is 18.3. The van der Waals surface area contributed by atoms with Crippen molar-refractivity contribution in [3.63, 3.8) is 0 Å². The summed E-state index contributed by atoms with van der Waals surface area (Å²) < 4.78 is 10.9. The molecule has 1 atom stereocenters. The van der Waals surface area contributed by atoms with Crippen molar-refractivity contribution in [2.45, 2.75) is 25.3 Å². The molecule has 4 rings (SSSR count). The van der Waals surface area contributed by atoms with Gasteiger partial charge >= 0.3 is 0 Å². The van der Waals surface area contributed by atoms with E-state index in [1.807, 2.05) is 18.2 Å². The molecule has 4 nitrogen and oxygen atoms in total. The second-order valence-corrected chi connectivity index (χ2v) is 7.95. The Morgan fingerprint density at radius 3 is 2.42 bits per heavy atom. The average Bonchev–Trinajstić information content (AvgIpc) is 2.82. The molecule has 0 aliphatic carbocycles. The summed E-state index contributed by atoms with van der Waals surface area (Å²) in [5.41, 5.74) is 5.53. The van der Waals surface area contributed by atoms with Gasteiger partial charge in [-0.1, -0.05) is 42.5 Å². The van der Waals surface area contributed by atoms with Crippen molar-refractivity contribution in [3.8, 4) is 28.4 Å². The molecule has 0 saturated carbocycles. The summed E-state index contributed by atoms with van der Waals surface area (Å²) in [5, 5.41) is 11.1. The van der Waals surface area contributed by atoms with Gasteiger partial charge in [-0.2, -0.15) is 0 Å². The second-order valence-electron chi connectivity index (χ2n) is 7.95. The van der Waals surface area contributed by atoms with Gasteiger partial charge in [-0.3, -0.25) is 0 Å². The fourth-order valence-corrected chi connectivity index (χ4v) is 4.39. The molecule has 1 aliphatic heterocycles. The van der Waals surface area contributed by atoms with Crippen molar-refractivity contribution in [2.24, 2.45) is 0 Å². The highest BCUT2D eigenvalue weighted by Gasteiger charge is 2.25. The van der Waals surface area contributed by atoms with Crippen LogP contribution in [0.2, 0.25) is 0 Å². The number of phenolic OH excluding ortho intramolecular Hbond substituents is 1. The summed E-state index contributed by atoms with van der Waals surface area (Å²) in [7, 11) is 5.47. The number of hydrogen-bond donors (Lipinski definition) is 1. The maximum Gasteiger partial charge on any atom is 0.165 e. The van der Waals surface area contributed by atoms with Gasteiger partial charge in [0.1, 0.15) is 5.75 Å². The molecular formula is C26H30ClNO3. The predicted octanol–water partition coefficient (Wildman–Crippen LogP) is 5.14. The van der Waals surface area contributed by atoms with E-state index in [2.05, 4.69) is 54.4 Å². The largest absolute Gasteiger partial charge is 0.504 e. The lowest BCUT2D eigenvalue weighted by Gasteiger charge is -2.28. The highest BCUT2D eigenvalue weighted by Crippen LogP contribution is 2.43. The van der Waals surface area contributed by atoms with Crippen LogP contribution in [0.25, 0.3) is 11.1 Å². The van der Waals surface area contributed by atoms with Crippen molar-refractivity contribution in [3.05, 3.63) is 77.4 Å². The van der Waals surface area contributed by atoms with E-state index >= 15 is 0 Å².